The number of aliphatic imine (C=N–C) groups is 1. The summed E-state index contributed by atoms with van der Waals surface area (Å²) in [7, 11) is 1.25. The Morgan fingerprint density at radius 2 is 1.81 bits per heavy atom. The number of benzene rings is 2. The van der Waals surface area contributed by atoms with Gasteiger partial charge in [-0.1, -0.05) is 23.7 Å². The molecule has 32 heavy (non-hydrogen) atoms. The van der Waals surface area contributed by atoms with E-state index in [9.17, 15) is 14.4 Å². The van der Waals surface area contributed by atoms with Gasteiger partial charge in [0.25, 0.3) is 5.91 Å². The zero-order valence-electron chi connectivity index (χ0n) is 17.5. The Kier molecular flexibility index (Phi) is 8.08. The molecule has 0 spiro atoms. The summed E-state index contributed by atoms with van der Waals surface area (Å²) in [5, 5.41) is 1.07. The summed E-state index contributed by atoms with van der Waals surface area (Å²) in [5.74, 6) is -1.35. The van der Waals surface area contributed by atoms with Crippen LogP contribution in [0.5, 0.6) is 0 Å². The van der Waals surface area contributed by atoms with E-state index in [1.165, 1.54) is 12.0 Å². The lowest BCUT2D eigenvalue weighted by atomic mass is 10.1. The molecule has 1 heterocycles. The first-order chi connectivity index (χ1) is 15.4. The van der Waals surface area contributed by atoms with E-state index in [1.54, 1.807) is 43.3 Å². The van der Waals surface area contributed by atoms with Gasteiger partial charge < -0.3 is 9.47 Å². The molecule has 0 aliphatic carbocycles. The van der Waals surface area contributed by atoms with Gasteiger partial charge >= 0.3 is 11.9 Å². The van der Waals surface area contributed by atoms with Crippen molar-refractivity contribution in [2.75, 3.05) is 20.3 Å². The number of methoxy groups -OCH3 is 1. The smallest absolute Gasteiger partial charge is 0.338 e. The molecule has 2 aromatic carbocycles. The minimum atomic E-state index is -0.612. The van der Waals surface area contributed by atoms with Crippen LogP contribution in [0, 0.1) is 0 Å². The first-order valence-electron chi connectivity index (χ1n) is 9.81. The van der Waals surface area contributed by atoms with E-state index in [0.717, 1.165) is 23.4 Å². The molecule has 1 fully saturated rings. The van der Waals surface area contributed by atoms with Crippen molar-refractivity contribution in [2.24, 2.45) is 4.99 Å². The van der Waals surface area contributed by atoms with Crippen LogP contribution >= 0.6 is 23.4 Å². The summed E-state index contributed by atoms with van der Waals surface area (Å²) in [6.45, 7) is 2.40. The molecule has 166 valence electrons. The van der Waals surface area contributed by atoms with E-state index in [0.29, 0.717) is 41.0 Å². The maximum absolute atomic E-state index is 12.9. The van der Waals surface area contributed by atoms with Crippen LogP contribution < -0.4 is 0 Å². The SMILES string of the molecule is CCOC(=O)c1ccc(N=C2SC(=CC(=O)OC)C(=O)N2CCc2ccc(Cl)cc2)cc1. The van der Waals surface area contributed by atoms with Crippen molar-refractivity contribution in [1.29, 1.82) is 0 Å². The predicted octanol–water partition coefficient (Wildman–Crippen LogP) is 4.38. The molecule has 0 unspecified atom stereocenters. The van der Waals surface area contributed by atoms with Crippen LogP contribution in [0.1, 0.15) is 22.8 Å². The third kappa shape index (κ3) is 5.99. The van der Waals surface area contributed by atoms with E-state index in [4.69, 9.17) is 16.3 Å². The van der Waals surface area contributed by atoms with Crippen molar-refractivity contribution in [1.82, 2.24) is 4.90 Å². The van der Waals surface area contributed by atoms with Gasteiger partial charge in [0.15, 0.2) is 5.17 Å². The number of nitrogens with zero attached hydrogens (tertiary/aromatic N) is 2. The lowest BCUT2D eigenvalue weighted by Crippen LogP contribution is -2.31. The van der Waals surface area contributed by atoms with Crippen molar-refractivity contribution in [3.63, 3.8) is 0 Å². The lowest BCUT2D eigenvalue weighted by molar-refractivity contribution is -0.135. The van der Waals surface area contributed by atoms with Gasteiger partial charge in [0.1, 0.15) is 0 Å². The Bertz CT molecular complexity index is 1060. The zero-order valence-corrected chi connectivity index (χ0v) is 19.1. The maximum atomic E-state index is 12.9. The minimum Gasteiger partial charge on any atom is -0.466 e. The lowest BCUT2D eigenvalue weighted by Gasteiger charge is -2.15. The van der Waals surface area contributed by atoms with E-state index >= 15 is 0 Å². The second-order valence-corrected chi connectivity index (χ2v) is 8.07. The summed E-state index contributed by atoms with van der Waals surface area (Å²) >= 11 is 7.03. The Morgan fingerprint density at radius 1 is 1.12 bits per heavy atom. The summed E-state index contributed by atoms with van der Waals surface area (Å²) in [6, 6.07) is 13.9. The Balaban J connectivity index is 1.84. The molecule has 1 amide bonds. The molecule has 0 aromatic heterocycles. The van der Waals surface area contributed by atoms with E-state index in [2.05, 4.69) is 9.73 Å². The fraction of sp³-hybridized carbons (Fsp3) is 0.217. The molecular formula is C23H21ClN2O5S. The molecule has 0 saturated carbocycles. The summed E-state index contributed by atoms with van der Waals surface area (Å²) < 4.78 is 9.63. The minimum absolute atomic E-state index is 0.231. The van der Waals surface area contributed by atoms with Gasteiger partial charge in [-0.15, -0.1) is 0 Å². The monoisotopic (exact) mass is 472 g/mol. The molecule has 1 aliphatic rings. The normalized spacial score (nSPS) is 16.0. The van der Waals surface area contributed by atoms with Crippen LogP contribution in [0.4, 0.5) is 5.69 Å². The number of halogens is 1. The van der Waals surface area contributed by atoms with Crippen LogP contribution in [0.3, 0.4) is 0 Å². The van der Waals surface area contributed by atoms with Gasteiger partial charge in [0.2, 0.25) is 0 Å². The molecule has 0 N–H and O–H groups in total. The zero-order chi connectivity index (χ0) is 23.1. The number of hydrogen-bond acceptors (Lipinski definition) is 7. The number of carbonyl (C=O) groups excluding carboxylic acids is 3. The highest BCUT2D eigenvalue weighted by molar-refractivity contribution is 8.18. The van der Waals surface area contributed by atoms with Crippen LogP contribution in [-0.4, -0.2) is 48.2 Å². The summed E-state index contributed by atoms with van der Waals surface area (Å²) in [6.07, 6.45) is 1.74. The van der Waals surface area contributed by atoms with Gasteiger partial charge in [0.05, 0.1) is 29.9 Å². The molecular weight excluding hydrogens is 452 g/mol. The number of ether oxygens (including phenoxy) is 2. The number of rotatable bonds is 7. The van der Waals surface area contributed by atoms with Gasteiger partial charge in [0, 0.05) is 17.6 Å². The number of esters is 2. The number of hydrogen-bond donors (Lipinski definition) is 0. The van der Waals surface area contributed by atoms with Crippen LogP contribution in [0.25, 0.3) is 0 Å². The second-order valence-electron chi connectivity index (χ2n) is 6.63. The Labute approximate surface area is 195 Å². The standard InChI is InChI=1S/C23H21ClN2O5S/c1-3-31-22(29)16-6-10-18(11-7-16)25-23-26(13-12-15-4-8-17(24)9-5-15)21(28)19(32-23)14-20(27)30-2/h4-11,14H,3,12-13H2,1-2H3. The van der Waals surface area contributed by atoms with Crippen LogP contribution in [-0.2, 0) is 25.5 Å². The predicted molar refractivity (Wildman–Crippen MR) is 124 cm³/mol. The third-order valence-electron chi connectivity index (χ3n) is 4.48. The first kappa shape index (κ1) is 23.6. The number of thioether (sulfide) groups is 1. The van der Waals surface area contributed by atoms with E-state index in [-0.39, 0.29) is 10.8 Å². The van der Waals surface area contributed by atoms with Crippen LogP contribution in [0.2, 0.25) is 5.02 Å². The highest BCUT2D eigenvalue weighted by Gasteiger charge is 2.34. The number of amidine groups is 1. The molecule has 0 radical (unpaired) electrons. The average Bonchev–Trinajstić information content (AvgIpc) is 3.07. The summed E-state index contributed by atoms with van der Waals surface area (Å²) in [4.78, 5) is 42.7. The fourth-order valence-electron chi connectivity index (χ4n) is 2.84. The molecule has 0 atom stereocenters. The molecule has 2 aromatic rings. The average molecular weight is 473 g/mol. The van der Waals surface area contributed by atoms with Crippen molar-refractivity contribution in [3.8, 4) is 0 Å². The molecule has 0 bridgehead atoms. The summed E-state index contributed by atoms with van der Waals surface area (Å²) in [5.41, 5.74) is 1.98. The van der Waals surface area contributed by atoms with Gasteiger partial charge in [-0.3, -0.25) is 9.69 Å². The molecule has 7 nitrogen and oxygen atoms in total. The van der Waals surface area contributed by atoms with Crippen molar-refractivity contribution < 1.29 is 23.9 Å². The third-order valence-corrected chi connectivity index (χ3v) is 5.74. The number of carbonyl (C=O) groups is 3. The first-order valence-corrected chi connectivity index (χ1v) is 11.0. The number of amides is 1. The Morgan fingerprint density at radius 3 is 2.44 bits per heavy atom. The topological polar surface area (TPSA) is 85.3 Å². The Hall–Kier alpha value is -3.10. The van der Waals surface area contributed by atoms with Gasteiger partial charge in [-0.2, -0.15) is 0 Å². The second kappa shape index (κ2) is 11.0. The van der Waals surface area contributed by atoms with Crippen molar-refractivity contribution in [3.05, 3.63) is 75.7 Å². The molecule has 9 heteroatoms. The highest BCUT2D eigenvalue weighted by Crippen LogP contribution is 2.33. The van der Waals surface area contributed by atoms with Gasteiger partial charge in [-0.05, 0) is 67.1 Å². The molecule has 1 aliphatic heterocycles. The van der Waals surface area contributed by atoms with E-state index < -0.39 is 11.9 Å². The fourth-order valence-corrected chi connectivity index (χ4v) is 3.95. The largest absolute Gasteiger partial charge is 0.466 e. The highest BCUT2D eigenvalue weighted by atomic mass is 35.5. The maximum Gasteiger partial charge on any atom is 0.338 e. The van der Waals surface area contributed by atoms with Crippen molar-refractivity contribution in [2.45, 2.75) is 13.3 Å². The van der Waals surface area contributed by atoms with Crippen LogP contribution in [0.15, 0.2) is 64.5 Å². The van der Waals surface area contributed by atoms with E-state index in [1.807, 2.05) is 12.1 Å². The molecule has 1 saturated heterocycles. The molecule has 3 rings (SSSR count). The van der Waals surface area contributed by atoms with Gasteiger partial charge in [-0.25, -0.2) is 14.6 Å². The quantitative estimate of drug-likeness (QED) is 0.439. The van der Waals surface area contributed by atoms with Crippen molar-refractivity contribution >= 4 is 52.1 Å².